The third-order valence-electron chi connectivity index (χ3n) is 3.19. The predicted octanol–water partition coefficient (Wildman–Crippen LogP) is 2.16. The monoisotopic (exact) mass is 301 g/mol. The van der Waals surface area contributed by atoms with Crippen molar-refractivity contribution in [3.05, 3.63) is 24.3 Å². The van der Waals surface area contributed by atoms with Crippen molar-refractivity contribution in [2.24, 2.45) is 0 Å². The first-order valence-electron chi connectivity index (χ1n) is 6.45. The number of benzene rings is 1. The summed E-state index contributed by atoms with van der Waals surface area (Å²) in [7, 11) is -3.41. The highest BCUT2D eigenvalue weighted by molar-refractivity contribution is 7.89. The first kappa shape index (κ1) is 14.8. The second-order valence-electron chi connectivity index (χ2n) is 4.64. The van der Waals surface area contributed by atoms with E-state index >= 15 is 0 Å². The summed E-state index contributed by atoms with van der Waals surface area (Å²) >= 11 is 4.17. The molecule has 0 aliphatic carbocycles. The zero-order valence-electron chi connectivity index (χ0n) is 10.9. The molecule has 2 rings (SSSR count). The van der Waals surface area contributed by atoms with Gasteiger partial charge in [0, 0.05) is 18.0 Å². The molecule has 1 saturated heterocycles. The van der Waals surface area contributed by atoms with Crippen LogP contribution in [-0.2, 0) is 14.8 Å². The second kappa shape index (κ2) is 6.26. The summed E-state index contributed by atoms with van der Waals surface area (Å²) < 4.78 is 32.1. The molecule has 1 aromatic rings. The minimum atomic E-state index is -3.41. The summed E-state index contributed by atoms with van der Waals surface area (Å²) in [6.07, 6.45) is 1.90. The number of sulfonamides is 1. The van der Waals surface area contributed by atoms with E-state index < -0.39 is 10.0 Å². The molecule has 0 bridgehead atoms. The van der Waals surface area contributed by atoms with E-state index in [0.717, 1.165) is 17.7 Å². The lowest BCUT2D eigenvalue weighted by atomic mass is 10.2. The van der Waals surface area contributed by atoms with Crippen LogP contribution in [0, 0.1) is 0 Å². The molecule has 1 atom stereocenters. The minimum Gasteiger partial charge on any atom is -0.375 e. The van der Waals surface area contributed by atoms with E-state index in [2.05, 4.69) is 19.6 Å². The van der Waals surface area contributed by atoms with E-state index in [9.17, 15) is 8.42 Å². The van der Waals surface area contributed by atoms with Crippen molar-refractivity contribution in [3.8, 4) is 0 Å². The molecule has 0 aromatic heterocycles. The van der Waals surface area contributed by atoms with Crippen LogP contribution in [0.5, 0.6) is 0 Å². The van der Waals surface area contributed by atoms with Crippen molar-refractivity contribution in [1.82, 2.24) is 4.31 Å². The number of nitrogens with zero attached hydrogens (tertiary/aromatic N) is 1. The smallest absolute Gasteiger partial charge is 0.243 e. The molecule has 106 valence electrons. The summed E-state index contributed by atoms with van der Waals surface area (Å²) in [6, 6.07) is 6.59. The summed E-state index contributed by atoms with van der Waals surface area (Å²) in [6.45, 7) is 3.40. The van der Waals surface area contributed by atoms with Crippen LogP contribution in [0.4, 0.5) is 0 Å². The Hall–Kier alpha value is -0.560. The molecule has 0 saturated carbocycles. The molecule has 1 unspecified atom stereocenters. The summed E-state index contributed by atoms with van der Waals surface area (Å²) in [5, 5.41) is 0. The van der Waals surface area contributed by atoms with Gasteiger partial charge in [0.05, 0.1) is 17.6 Å². The average molecular weight is 301 g/mol. The molecule has 1 aromatic carbocycles. The van der Waals surface area contributed by atoms with Gasteiger partial charge in [0.1, 0.15) is 0 Å². The topological polar surface area (TPSA) is 46.6 Å². The molecule has 4 nitrogen and oxygen atoms in total. The van der Waals surface area contributed by atoms with Gasteiger partial charge < -0.3 is 4.74 Å². The molecular weight excluding hydrogens is 282 g/mol. The first-order chi connectivity index (χ1) is 9.04. The highest BCUT2D eigenvalue weighted by Crippen LogP contribution is 2.21. The van der Waals surface area contributed by atoms with Gasteiger partial charge in [0.25, 0.3) is 0 Å². The van der Waals surface area contributed by atoms with E-state index in [1.807, 2.05) is 0 Å². The van der Waals surface area contributed by atoms with Crippen LogP contribution in [0.3, 0.4) is 0 Å². The van der Waals surface area contributed by atoms with Crippen molar-refractivity contribution in [2.45, 2.75) is 35.7 Å². The van der Waals surface area contributed by atoms with Gasteiger partial charge in [0.15, 0.2) is 0 Å². The van der Waals surface area contributed by atoms with Gasteiger partial charge >= 0.3 is 0 Å². The van der Waals surface area contributed by atoms with E-state index in [-0.39, 0.29) is 6.10 Å². The van der Waals surface area contributed by atoms with Crippen LogP contribution in [-0.4, -0.2) is 38.5 Å². The first-order valence-corrected chi connectivity index (χ1v) is 8.33. The molecule has 1 heterocycles. The third-order valence-corrected chi connectivity index (χ3v) is 5.36. The average Bonchev–Trinajstić information content (AvgIpc) is 2.40. The Kier molecular flexibility index (Phi) is 4.89. The molecule has 0 N–H and O–H groups in total. The Morgan fingerprint density at radius 1 is 1.37 bits per heavy atom. The Balaban J connectivity index is 2.17. The van der Waals surface area contributed by atoms with E-state index in [4.69, 9.17) is 4.74 Å². The second-order valence-corrected chi connectivity index (χ2v) is 7.09. The van der Waals surface area contributed by atoms with Crippen molar-refractivity contribution in [3.63, 3.8) is 0 Å². The Bertz CT molecular complexity index is 511. The lowest BCUT2D eigenvalue weighted by molar-refractivity contribution is -0.00579. The van der Waals surface area contributed by atoms with Crippen LogP contribution >= 0.6 is 12.6 Å². The molecule has 0 amide bonds. The summed E-state index contributed by atoms with van der Waals surface area (Å²) in [5.41, 5.74) is 0. The molecule has 1 aliphatic rings. The standard InChI is InChI=1S/C13H19NO3S2/c1-2-3-11-10-14(8-9-17-11)19(15,16)13-6-4-12(18)5-7-13/h4-7,11,18H,2-3,8-10H2,1H3. The maximum atomic E-state index is 12.5. The van der Waals surface area contributed by atoms with Crippen LogP contribution in [0.15, 0.2) is 34.1 Å². The zero-order chi connectivity index (χ0) is 13.9. The minimum absolute atomic E-state index is 0.0117. The van der Waals surface area contributed by atoms with Crippen molar-refractivity contribution in [2.75, 3.05) is 19.7 Å². The molecule has 0 radical (unpaired) electrons. The quantitative estimate of drug-likeness (QED) is 0.867. The Morgan fingerprint density at radius 3 is 2.68 bits per heavy atom. The predicted molar refractivity (Wildman–Crippen MR) is 77.1 cm³/mol. The normalized spacial score (nSPS) is 21.5. The van der Waals surface area contributed by atoms with Gasteiger partial charge in [-0.15, -0.1) is 12.6 Å². The zero-order valence-corrected chi connectivity index (χ0v) is 12.7. The van der Waals surface area contributed by atoms with E-state index in [1.165, 1.54) is 4.31 Å². The third kappa shape index (κ3) is 3.51. The van der Waals surface area contributed by atoms with E-state index in [0.29, 0.717) is 24.6 Å². The number of hydrogen-bond acceptors (Lipinski definition) is 4. The van der Waals surface area contributed by atoms with Crippen LogP contribution in [0.25, 0.3) is 0 Å². The maximum Gasteiger partial charge on any atom is 0.243 e. The van der Waals surface area contributed by atoms with Gasteiger partial charge in [-0.05, 0) is 30.7 Å². The highest BCUT2D eigenvalue weighted by Gasteiger charge is 2.30. The fourth-order valence-electron chi connectivity index (χ4n) is 2.17. The van der Waals surface area contributed by atoms with Gasteiger partial charge in [-0.2, -0.15) is 4.31 Å². The van der Waals surface area contributed by atoms with Crippen molar-refractivity contribution < 1.29 is 13.2 Å². The van der Waals surface area contributed by atoms with E-state index in [1.54, 1.807) is 24.3 Å². The number of rotatable bonds is 4. The number of hydrogen-bond donors (Lipinski definition) is 1. The number of ether oxygens (including phenoxy) is 1. The van der Waals surface area contributed by atoms with Gasteiger partial charge in [-0.3, -0.25) is 0 Å². The Labute approximate surface area is 120 Å². The molecule has 19 heavy (non-hydrogen) atoms. The lowest BCUT2D eigenvalue weighted by Gasteiger charge is -2.32. The number of thiol groups is 1. The van der Waals surface area contributed by atoms with Crippen LogP contribution in [0.1, 0.15) is 19.8 Å². The summed E-state index contributed by atoms with van der Waals surface area (Å²) in [4.78, 5) is 1.08. The lowest BCUT2D eigenvalue weighted by Crippen LogP contribution is -2.45. The van der Waals surface area contributed by atoms with Gasteiger partial charge in [-0.1, -0.05) is 13.3 Å². The fourth-order valence-corrected chi connectivity index (χ4v) is 3.78. The molecule has 1 aliphatic heterocycles. The van der Waals surface area contributed by atoms with Gasteiger partial charge in [0.2, 0.25) is 10.0 Å². The SMILES string of the molecule is CCCC1CN(S(=O)(=O)c2ccc(S)cc2)CCO1. The number of morpholine rings is 1. The van der Waals surface area contributed by atoms with Crippen molar-refractivity contribution >= 4 is 22.7 Å². The fraction of sp³-hybridized carbons (Fsp3) is 0.538. The Morgan fingerprint density at radius 2 is 2.05 bits per heavy atom. The molecule has 6 heteroatoms. The largest absolute Gasteiger partial charge is 0.375 e. The molecule has 1 fully saturated rings. The highest BCUT2D eigenvalue weighted by atomic mass is 32.2. The van der Waals surface area contributed by atoms with Crippen LogP contribution in [0.2, 0.25) is 0 Å². The molecular formula is C13H19NO3S2. The maximum absolute atomic E-state index is 12.5. The van der Waals surface area contributed by atoms with Crippen LogP contribution < -0.4 is 0 Å². The molecule has 0 spiro atoms. The summed E-state index contributed by atoms with van der Waals surface area (Å²) in [5.74, 6) is 0. The van der Waals surface area contributed by atoms with Crippen molar-refractivity contribution in [1.29, 1.82) is 0 Å². The van der Waals surface area contributed by atoms with Gasteiger partial charge in [-0.25, -0.2) is 8.42 Å².